The molecule has 0 spiro atoms. The molecule has 2 rings (SSSR count). The van der Waals surface area contributed by atoms with E-state index in [2.05, 4.69) is 4.74 Å². The van der Waals surface area contributed by atoms with Gasteiger partial charge in [-0.1, -0.05) is 13.8 Å². The van der Waals surface area contributed by atoms with Crippen LogP contribution >= 0.6 is 0 Å². The van der Waals surface area contributed by atoms with Gasteiger partial charge in [0.15, 0.2) is 6.10 Å². The van der Waals surface area contributed by atoms with Crippen LogP contribution in [-0.4, -0.2) is 54.4 Å². The van der Waals surface area contributed by atoms with Crippen LogP contribution in [0.15, 0.2) is 18.2 Å². The van der Waals surface area contributed by atoms with Crippen molar-refractivity contribution >= 4 is 29.8 Å². The highest BCUT2D eigenvalue weighted by atomic mass is 16.6. The molecule has 1 N–H and O–H groups in total. The van der Waals surface area contributed by atoms with E-state index in [1.165, 1.54) is 25.1 Å². The van der Waals surface area contributed by atoms with Gasteiger partial charge in [0.25, 0.3) is 17.7 Å². The SMILES string of the molecule is COC(=O)NC(=O)[C@H](C)OC(=O)c1ccc2c(c1)C(=O)N(CCC(C)C)C2=O. The van der Waals surface area contributed by atoms with Crippen molar-refractivity contribution in [2.75, 3.05) is 13.7 Å². The second-order valence-corrected chi connectivity index (χ2v) is 6.73. The van der Waals surface area contributed by atoms with Crippen molar-refractivity contribution in [1.29, 1.82) is 0 Å². The molecule has 0 aromatic heterocycles. The minimum absolute atomic E-state index is 0.0170. The number of benzene rings is 1. The predicted octanol–water partition coefficient (Wildman–Crippen LogP) is 1.76. The third-order valence-corrected chi connectivity index (χ3v) is 4.20. The molecular formula is C19H22N2O7. The number of nitrogens with one attached hydrogen (secondary N) is 1. The van der Waals surface area contributed by atoms with Crippen molar-refractivity contribution in [1.82, 2.24) is 10.2 Å². The molecular weight excluding hydrogens is 368 g/mol. The predicted molar refractivity (Wildman–Crippen MR) is 96.7 cm³/mol. The number of amides is 4. The maximum atomic E-state index is 12.5. The molecule has 1 atom stereocenters. The molecule has 0 radical (unpaired) electrons. The Labute approximate surface area is 162 Å². The Bertz CT molecular complexity index is 832. The molecule has 9 heteroatoms. The van der Waals surface area contributed by atoms with Gasteiger partial charge in [-0.2, -0.15) is 0 Å². The number of hydrogen-bond donors (Lipinski definition) is 1. The Hall–Kier alpha value is -3.23. The molecule has 150 valence electrons. The van der Waals surface area contributed by atoms with Crippen LogP contribution in [0.3, 0.4) is 0 Å². The lowest BCUT2D eigenvalue weighted by atomic mass is 10.1. The van der Waals surface area contributed by atoms with E-state index in [4.69, 9.17) is 4.74 Å². The van der Waals surface area contributed by atoms with Gasteiger partial charge in [0.1, 0.15) is 0 Å². The second-order valence-electron chi connectivity index (χ2n) is 6.73. The molecule has 1 aliphatic rings. The Kier molecular flexibility index (Phi) is 6.50. The van der Waals surface area contributed by atoms with Gasteiger partial charge in [0, 0.05) is 6.54 Å². The molecule has 9 nitrogen and oxygen atoms in total. The maximum Gasteiger partial charge on any atom is 0.413 e. The van der Waals surface area contributed by atoms with Crippen molar-refractivity contribution in [2.24, 2.45) is 5.92 Å². The Morgan fingerprint density at radius 3 is 2.32 bits per heavy atom. The number of esters is 1. The molecule has 0 aliphatic carbocycles. The molecule has 1 aliphatic heterocycles. The highest BCUT2D eigenvalue weighted by Gasteiger charge is 2.36. The zero-order valence-corrected chi connectivity index (χ0v) is 16.1. The first-order valence-corrected chi connectivity index (χ1v) is 8.75. The summed E-state index contributed by atoms with van der Waals surface area (Å²) in [4.78, 5) is 61.1. The quantitative estimate of drug-likeness (QED) is 0.580. The van der Waals surface area contributed by atoms with Crippen molar-refractivity contribution in [3.8, 4) is 0 Å². The normalized spacial score (nSPS) is 14.0. The van der Waals surface area contributed by atoms with Crippen LogP contribution in [0.5, 0.6) is 0 Å². The van der Waals surface area contributed by atoms with E-state index in [-0.39, 0.29) is 16.7 Å². The smallest absolute Gasteiger partial charge is 0.413 e. The molecule has 0 saturated heterocycles. The summed E-state index contributed by atoms with van der Waals surface area (Å²) in [6, 6.07) is 4.02. The van der Waals surface area contributed by atoms with Gasteiger partial charge in [0.05, 0.1) is 23.8 Å². The van der Waals surface area contributed by atoms with Gasteiger partial charge in [-0.15, -0.1) is 0 Å². The fourth-order valence-corrected chi connectivity index (χ4v) is 2.54. The van der Waals surface area contributed by atoms with Gasteiger partial charge >= 0.3 is 12.1 Å². The molecule has 0 bridgehead atoms. The van der Waals surface area contributed by atoms with E-state index < -0.39 is 35.9 Å². The standard InChI is InChI=1S/C19H22N2O7/c1-10(2)7-8-21-16(23)13-6-5-12(9-14(13)17(21)24)18(25)28-11(3)15(22)20-19(26)27-4/h5-6,9-11H,7-8H2,1-4H3,(H,20,22,26)/t11-/m0/s1. The van der Waals surface area contributed by atoms with E-state index >= 15 is 0 Å². The van der Waals surface area contributed by atoms with Crippen LogP contribution in [0.1, 0.15) is 58.3 Å². The molecule has 0 saturated carbocycles. The van der Waals surface area contributed by atoms with E-state index in [1.54, 1.807) is 0 Å². The summed E-state index contributed by atoms with van der Waals surface area (Å²) in [5, 5.41) is 1.89. The Morgan fingerprint density at radius 1 is 1.07 bits per heavy atom. The van der Waals surface area contributed by atoms with E-state index in [9.17, 15) is 24.0 Å². The van der Waals surface area contributed by atoms with Crippen LogP contribution in [0, 0.1) is 5.92 Å². The van der Waals surface area contributed by atoms with Crippen LogP contribution in [0.4, 0.5) is 4.79 Å². The van der Waals surface area contributed by atoms with Crippen molar-refractivity contribution in [3.05, 3.63) is 34.9 Å². The number of carbonyl (C=O) groups is 5. The van der Waals surface area contributed by atoms with Crippen LogP contribution < -0.4 is 5.32 Å². The molecule has 1 aromatic rings. The van der Waals surface area contributed by atoms with Crippen LogP contribution in [0.2, 0.25) is 0 Å². The molecule has 4 amide bonds. The number of fused-ring (bicyclic) bond motifs is 1. The van der Waals surface area contributed by atoms with Crippen molar-refractivity contribution in [3.63, 3.8) is 0 Å². The summed E-state index contributed by atoms with van der Waals surface area (Å²) in [7, 11) is 1.09. The summed E-state index contributed by atoms with van der Waals surface area (Å²) in [5.41, 5.74) is 0.361. The molecule has 1 heterocycles. The van der Waals surface area contributed by atoms with E-state index in [1.807, 2.05) is 19.2 Å². The lowest BCUT2D eigenvalue weighted by molar-refractivity contribution is -0.128. The zero-order chi connectivity index (χ0) is 21.0. The topological polar surface area (TPSA) is 119 Å². The number of carbonyl (C=O) groups excluding carboxylic acids is 5. The fourth-order valence-electron chi connectivity index (χ4n) is 2.54. The Morgan fingerprint density at radius 2 is 1.71 bits per heavy atom. The molecule has 0 fully saturated rings. The van der Waals surface area contributed by atoms with Gasteiger partial charge < -0.3 is 9.47 Å². The van der Waals surface area contributed by atoms with E-state index in [0.717, 1.165) is 12.0 Å². The van der Waals surface area contributed by atoms with Gasteiger partial charge in [-0.25, -0.2) is 9.59 Å². The third-order valence-electron chi connectivity index (χ3n) is 4.20. The molecule has 28 heavy (non-hydrogen) atoms. The first-order valence-electron chi connectivity index (χ1n) is 8.75. The second kappa shape index (κ2) is 8.64. The number of methoxy groups -OCH3 is 1. The van der Waals surface area contributed by atoms with Crippen molar-refractivity contribution in [2.45, 2.75) is 33.3 Å². The van der Waals surface area contributed by atoms with Crippen LogP contribution in [0.25, 0.3) is 0 Å². The number of ether oxygens (including phenoxy) is 2. The first-order chi connectivity index (χ1) is 13.1. The summed E-state index contributed by atoms with van der Waals surface area (Å²) < 4.78 is 9.29. The average molecular weight is 390 g/mol. The number of hydrogen-bond acceptors (Lipinski definition) is 7. The summed E-state index contributed by atoms with van der Waals surface area (Å²) >= 11 is 0. The summed E-state index contributed by atoms with van der Waals surface area (Å²) in [6.45, 7) is 5.56. The first kappa shape index (κ1) is 21.1. The van der Waals surface area contributed by atoms with Crippen LogP contribution in [-0.2, 0) is 14.3 Å². The molecule has 1 aromatic carbocycles. The third kappa shape index (κ3) is 4.54. The fraction of sp³-hybridized carbons (Fsp3) is 0.421. The van der Waals surface area contributed by atoms with E-state index in [0.29, 0.717) is 18.9 Å². The largest absolute Gasteiger partial charge is 0.453 e. The summed E-state index contributed by atoms with van der Waals surface area (Å²) in [6.07, 6.45) is -1.57. The minimum atomic E-state index is -1.26. The number of alkyl carbamates (subject to hydrolysis) is 1. The Balaban J connectivity index is 2.11. The highest BCUT2D eigenvalue weighted by Crippen LogP contribution is 2.25. The lowest BCUT2D eigenvalue weighted by Gasteiger charge is -2.14. The van der Waals surface area contributed by atoms with Gasteiger partial charge in [-0.3, -0.25) is 24.6 Å². The van der Waals surface area contributed by atoms with Gasteiger partial charge in [0.2, 0.25) is 0 Å². The number of rotatable bonds is 6. The minimum Gasteiger partial charge on any atom is -0.453 e. The average Bonchev–Trinajstić information content (AvgIpc) is 2.89. The summed E-state index contributed by atoms with van der Waals surface area (Å²) in [5.74, 6) is -2.26. The van der Waals surface area contributed by atoms with Crippen molar-refractivity contribution < 1.29 is 33.4 Å². The lowest BCUT2D eigenvalue weighted by Crippen LogP contribution is -2.39. The highest BCUT2D eigenvalue weighted by molar-refractivity contribution is 6.22. The number of imide groups is 2. The maximum absolute atomic E-state index is 12.5. The molecule has 0 unspecified atom stereocenters. The van der Waals surface area contributed by atoms with Gasteiger partial charge in [-0.05, 0) is 37.5 Å². The zero-order valence-electron chi connectivity index (χ0n) is 16.1. The number of nitrogens with zero attached hydrogens (tertiary/aromatic N) is 1. The monoisotopic (exact) mass is 390 g/mol.